The highest BCUT2D eigenvalue weighted by Gasteiger charge is 2.29. The molecule has 0 fully saturated rings. The van der Waals surface area contributed by atoms with Crippen molar-refractivity contribution in [2.45, 2.75) is 54.4 Å². The molecular weight excluding hydrogens is 346 g/mol. The van der Waals surface area contributed by atoms with E-state index < -0.39 is 5.91 Å². The third-order valence-electron chi connectivity index (χ3n) is 5.10. The maximum Gasteiger partial charge on any atom is 0.241 e. The number of primary amides is 1. The van der Waals surface area contributed by atoms with Gasteiger partial charge in [-0.2, -0.15) is 0 Å². The Morgan fingerprint density at radius 1 is 1.29 bits per heavy atom. The fourth-order valence-electron chi connectivity index (χ4n) is 3.19. The number of aromatic amines is 1. The Morgan fingerprint density at radius 2 is 2.00 bits per heavy atom. The van der Waals surface area contributed by atoms with Crippen molar-refractivity contribution >= 4 is 5.91 Å². The number of carbonyl (C=O) groups is 1. The van der Waals surface area contributed by atoms with Gasteiger partial charge < -0.3 is 10.7 Å². The lowest BCUT2D eigenvalue weighted by Crippen LogP contribution is -2.23. The predicted octanol–water partition coefficient (Wildman–Crippen LogP) is 5.66. The summed E-state index contributed by atoms with van der Waals surface area (Å²) in [6, 6.07) is 0. The zero-order chi connectivity index (χ0) is 21.2. The zero-order valence-corrected chi connectivity index (χ0v) is 18.1. The van der Waals surface area contributed by atoms with Crippen molar-refractivity contribution in [3.63, 3.8) is 0 Å². The number of allylic oxidation sites excluding steroid dienone is 9. The minimum absolute atomic E-state index is 0.254. The number of hydrogen-bond donors (Lipinski definition) is 2. The van der Waals surface area contributed by atoms with Gasteiger partial charge in [0.1, 0.15) is 0 Å². The topological polar surface area (TPSA) is 71.8 Å². The van der Waals surface area contributed by atoms with Crippen molar-refractivity contribution in [3.05, 3.63) is 77.5 Å². The number of imidazole rings is 1. The summed E-state index contributed by atoms with van der Waals surface area (Å²) in [5.41, 5.74) is 10.4. The smallest absolute Gasteiger partial charge is 0.241 e. The molecule has 4 heteroatoms. The SMILES string of the molecule is CC1=C(/C=C/C(C)=C/C=C/C(C)=C/C(N)=O)C(C)(C)CCC1C.c1c[nH]cn1. The molecule has 1 aliphatic rings. The second-order valence-electron chi connectivity index (χ2n) is 8.07. The van der Waals surface area contributed by atoms with E-state index in [1.54, 1.807) is 18.7 Å². The van der Waals surface area contributed by atoms with Gasteiger partial charge >= 0.3 is 0 Å². The Hall–Kier alpha value is -2.62. The van der Waals surface area contributed by atoms with Crippen molar-refractivity contribution < 1.29 is 4.79 Å². The maximum atomic E-state index is 10.8. The zero-order valence-electron chi connectivity index (χ0n) is 18.1. The van der Waals surface area contributed by atoms with Crippen molar-refractivity contribution in [1.29, 1.82) is 0 Å². The Morgan fingerprint density at radius 3 is 2.54 bits per heavy atom. The maximum absolute atomic E-state index is 10.8. The van der Waals surface area contributed by atoms with Crippen LogP contribution in [-0.4, -0.2) is 15.9 Å². The minimum Gasteiger partial charge on any atom is -0.366 e. The molecule has 1 atom stereocenters. The number of nitrogens with one attached hydrogen (secondary N) is 1. The van der Waals surface area contributed by atoms with E-state index in [0.717, 1.165) is 5.57 Å². The lowest BCUT2D eigenvalue weighted by atomic mass is 9.69. The minimum atomic E-state index is -0.413. The van der Waals surface area contributed by atoms with Crippen LogP contribution in [0.15, 0.2) is 77.5 Å². The normalized spacial score (nSPS) is 20.4. The van der Waals surface area contributed by atoms with Crippen LogP contribution in [0.1, 0.15) is 54.4 Å². The van der Waals surface area contributed by atoms with Gasteiger partial charge in [-0.1, -0.05) is 62.3 Å². The number of nitrogens with zero attached hydrogens (tertiary/aromatic N) is 1. The summed E-state index contributed by atoms with van der Waals surface area (Å²) in [4.78, 5) is 17.2. The predicted molar refractivity (Wildman–Crippen MR) is 118 cm³/mol. The molecular formula is C24H35N3O. The molecule has 1 aromatic rings. The van der Waals surface area contributed by atoms with Crippen LogP contribution in [0, 0.1) is 11.3 Å². The molecule has 0 aromatic carbocycles. The van der Waals surface area contributed by atoms with Crippen LogP contribution in [0.2, 0.25) is 0 Å². The van der Waals surface area contributed by atoms with Crippen molar-refractivity contribution in [2.75, 3.05) is 0 Å². The Bertz CT molecular complexity index is 758. The summed E-state index contributed by atoms with van der Waals surface area (Å²) in [5.74, 6) is 0.261. The summed E-state index contributed by atoms with van der Waals surface area (Å²) in [6.45, 7) is 13.2. The van der Waals surface area contributed by atoms with Crippen molar-refractivity contribution in [1.82, 2.24) is 9.97 Å². The van der Waals surface area contributed by atoms with Crippen LogP contribution in [0.25, 0.3) is 0 Å². The summed E-state index contributed by atoms with van der Waals surface area (Å²) >= 11 is 0. The summed E-state index contributed by atoms with van der Waals surface area (Å²) in [7, 11) is 0. The quantitative estimate of drug-likeness (QED) is 0.510. The first-order valence-corrected chi connectivity index (χ1v) is 9.78. The average molecular weight is 382 g/mol. The van der Waals surface area contributed by atoms with E-state index in [2.05, 4.69) is 56.7 Å². The van der Waals surface area contributed by atoms with Gasteiger partial charge in [0, 0.05) is 18.5 Å². The molecule has 0 saturated carbocycles. The fraction of sp³-hybridized carbons (Fsp3) is 0.417. The third-order valence-corrected chi connectivity index (χ3v) is 5.10. The molecule has 1 aromatic heterocycles. The Kier molecular flexibility index (Phi) is 9.43. The van der Waals surface area contributed by atoms with Gasteiger partial charge in [0.15, 0.2) is 0 Å². The molecule has 0 aliphatic heterocycles. The van der Waals surface area contributed by atoms with Gasteiger partial charge in [-0.15, -0.1) is 0 Å². The molecule has 0 spiro atoms. The molecule has 3 N–H and O–H groups in total. The number of nitrogens with two attached hydrogens (primary N) is 1. The van der Waals surface area contributed by atoms with Crippen molar-refractivity contribution in [2.24, 2.45) is 17.1 Å². The molecule has 0 saturated heterocycles. The number of aromatic nitrogens is 2. The van der Waals surface area contributed by atoms with E-state index in [-0.39, 0.29) is 5.41 Å². The molecule has 28 heavy (non-hydrogen) atoms. The molecule has 1 unspecified atom stereocenters. The van der Waals surface area contributed by atoms with Gasteiger partial charge in [-0.05, 0) is 56.1 Å². The summed E-state index contributed by atoms with van der Waals surface area (Å²) in [6.07, 6.45) is 19.4. The highest BCUT2D eigenvalue weighted by molar-refractivity contribution is 5.86. The van der Waals surface area contributed by atoms with Crippen LogP contribution < -0.4 is 5.73 Å². The number of hydrogen-bond acceptors (Lipinski definition) is 2. The molecule has 4 nitrogen and oxygen atoms in total. The van der Waals surface area contributed by atoms with E-state index >= 15 is 0 Å². The van der Waals surface area contributed by atoms with Crippen LogP contribution in [0.3, 0.4) is 0 Å². The highest BCUT2D eigenvalue weighted by atomic mass is 16.1. The number of amides is 1. The van der Waals surface area contributed by atoms with Gasteiger partial charge in [-0.25, -0.2) is 4.98 Å². The largest absolute Gasteiger partial charge is 0.366 e. The average Bonchev–Trinajstić information content (AvgIpc) is 3.17. The Balaban J connectivity index is 0.000000674. The van der Waals surface area contributed by atoms with Crippen LogP contribution >= 0.6 is 0 Å². The number of H-pyrrole nitrogens is 1. The molecule has 1 heterocycles. The van der Waals surface area contributed by atoms with E-state index in [0.29, 0.717) is 5.92 Å². The Labute approximate surface area is 170 Å². The van der Waals surface area contributed by atoms with Crippen LogP contribution in [0.5, 0.6) is 0 Å². The monoisotopic (exact) mass is 381 g/mol. The second kappa shape index (κ2) is 11.3. The fourth-order valence-corrected chi connectivity index (χ4v) is 3.19. The van der Waals surface area contributed by atoms with Crippen LogP contribution in [0.4, 0.5) is 0 Å². The molecule has 2 rings (SSSR count). The first-order valence-electron chi connectivity index (χ1n) is 9.78. The standard InChI is InChI=1S/C21H31NO.C3H4N2/c1-15(8-7-9-16(2)14-20(22)23)10-11-19-18(4)17(3)12-13-21(19,5)6;1-2-5-3-4-1/h7-11,14,17H,12-13H2,1-6H3,(H2,22,23);1-3H,(H,4,5)/b9-7+,11-10+,15-8+,16-14+;. The highest BCUT2D eigenvalue weighted by Crippen LogP contribution is 2.43. The summed E-state index contributed by atoms with van der Waals surface area (Å²) < 4.78 is 0. The summed E-state index contributed by atoms with van der Waals surface area (Å²) in [5, 5.41) is 0. The van der Waals surface area contributed by atoms with Crippen molar-refractivity contribution in [3.8, 4) is 0 Å². The molecule has 1 aliphatic carbocycles. The third kappa shape index (κ3) is 8.38. The first kappa shape index (κ1) is 23.4. The lowest BCUT2D eigenvalue weighted by Gasteiger charge is -2.36. The number of carbonyl (C=O) groups excluding carboxylic acids is 1. The number of rotatable bonds is 5. The van der Waals surface area contributed by atoms with E-state index in [1.807, 2.05) is 25.2 Å². The first-order chi connectivity index (χ1) is 13.1. The second-order valence-corrected chi connectivity index (χ2v) is 8.07. The molecule has 152 valence electrons. The van der Waals surface area contributed by atoms with Crippen LogP contribution in [-0.2, 0) is 4.79 Å². The van der Waals surface area contributed by atoms with E-state index in [9.17, 15) is 4.79 Å². The van der Waals surface area contributed by atoms with E-state index in [4.69, 9.17) is 5.73 Å². The van der Waals surface area contributed by atoms with Gasteiger partial charge in [0.2, 0.25) is 5.91 Å². The van der Waals surface area contributed by atoms with Gasteiger partial charge in [0.25, 0.3) is 0 Å². The van der Waals surface area contributed by atoms with E-state index in [1.165, 1.54) is 35.6 Å². The van der Waals surface area contributed by atoms with Gasteiger partial charge in [0.05, 0.1) is 6.33 Å². The molecule has 0 radical (unpaired) electrons. The molecule has 0 bridgehead atoms. The lowest BCUT2D eigenvalue weighted by molar-refractivity contribution is -0.113. The molecule has 1 amide bonds. The van der Waals surface area contributed by atoms with Gasteiger partial charge in [-0.3, -0.25) is 4.79 Å².